The highest BCUT2D eigenvalue weighted by atomic mass is 35.5. The van der Waals surface area contributed by atoms with Gasteiger partial charge in [0.15, 0.2) is 5.29 Å². The predicted octanol–water partition coefficient (Wildman–Crippen LogP) is 2.20. The van der Waals surface area contributed by atoms with Gasteiger partial charge in [0.2, 0.25) is 0 Å². The molecule has 0 unspecified atom stereocenters. The topological polar surface area (TPSA) is 0 Å². The molecule has 1 rings (SSSR count). The van der Waals surface area contributed by atoms with Crippen molar-refractivity contribution in [1.29, 1.82) is 0 Å². The summed E-state index contributed by atoms with van der Waals surface area (Å²) < 4.78 is 11.5. The second-order valence-corrected chi connectivity index (χ2v) is 1.70. The summed E-state index contributed by atoms with van der Waals surface area (Å²) in [5, 5.41) is -0.491. The van der Waals surface area contributed by atoms with Crippen LogP contribution >= 0.6 is 11.6 Å². The van der Waals surface area contributed by atoms with Gasteiger partial charge in [-0.2, -0.15) is 4.39 Å². The Morgan fingerprint density at radius 1 is 1.67 bits per heavy atom. The molecule has 0 bridgehead atoms. The zero-order chi connectivity index (χ0) is 4.57. The Hall–Kier alpha value is -0.0400. The van der Waals surface area contributed by atoms with Crippen LogP contribution in [0.5, 0.6) is 0 Å². The van der Waals surface area contributed by atoms with Crippen LogP contribution in [0, 0.1) is 0 Å². The summed E-state index contributed by atoms with van der Waals surface area (Å²) in [5.74, 6) is 0. The molecule has 0 aromatic heterocycles. The molecule has 1 fully saturated rings. The minimum atomic E-state index is -0.491. The van der Waals surface area contributed by atoms with Gasteiger partial charge >= 0.3 is 0 Å². The van der Waals surface area contributed by atoms with Crippen LogP contribution < -0.4 is 0 Å². The molecule has 0 aromatic rings. The third kappa shape index (κ3) is 0.716. The molecule has 0 spiro atoms. The molecular formula is C4H4ClF. The Bertz CT molecular complexity index is 85.7. The minimum Gasteiger partial charge on any atom is -0.194 e. The standard InChI is InChI=1S/C4H4ClF/c5-4(6)3-1-2-3/h1-2H2. The van der Waals surface area contributed by atoms with Gasteiger partial charge in [0.1, 0.15) is 0 Å². The molecule has 0 nitrogen and oxygen atoms in total. The Kier molecular flexibility index (Phi) is 0.845. The van der Waals surface area contributed by atoms with Gasteiger partial charge in [-0.15, -0.1) is 0 Å². The van der Waals surface area contributed by atoms with Gasteiger partial charge < -0.3 is 0 Å². The molecule has 0 saturated heterocycles. The number of rotatable bonds is 0. The summed E-state index contributed by atoms with van der Waals surface area (Å²) in [6.45, 7) is 0. The number of halogens is 2. The first-order valence-electron chi connectivity index (χ1n) is 1.84. The molecule has 2 heteroatoms. The van der Waals surface area contributed by atoms with Crippen LogP contribution in [0.3, 0.4) is 0 Å². The van der Waals surface area contributed by atoms with E-state index in [0.29, 0.717) is 0 Å². The van der Waals surface area contributed by atoms with Crippen LogP contribution in [0.4, 0.5) is 4.39 Å². The van der Waals surface area contributed by atoms with Crippen molar-refractivity contribution in [3.8, 4) is 0 Å². The fourth-order valence-corrected chi connectivity index (χ4v) is 0.440. The molecule has 1 saturated carbocycles. The van der Waals surface area contributed by atoms with Crippen LogP contribution in [-0.4, -0.2) is 0 Å². The third-order valence-electron chi connectivity index (χ3n) is 0.767. The van der Waals surface area contributed by atoms with E-state index < -0.39 is 5.29 Å². The fourth-order valence-electron chi connectivity index (χ4n) is 0.251. The minimum absolute atomic E-state index is 0.491. The highest BCUT2D eigenvalue weighted by molar-refractivity contribution is 6.28. The monoisotopic (exact) mass is 106 g/mol. The molecule has 0 radical (unpaired) electrons. The van der Waals surface area contributed by atoms with Gasteiger partial charge in [0, 0.05) is 0 Å². The number of allylic oxidation sites excluding steroid dienone is 1. The largest absolute Gasteiger partial charge is 0.194 e. The smallest absolute Gasteiger partial charge is 0.188 e. The quantitative estimate of drug-likeness (QED) is 0.444. The number of hydrogen-bond donors (Lipinski definition) is 0. The van der Waals surface area contributed by atoms with Crippen LogP contribution in [0.2, 0.25) is 0 Å². The molecular weight excluding hydrogens is 102 g/mol. The molecule has 0 aromatic carbocycles. The molecule has 1 aliphatic carbocycles. The van der Waals surface area contributed by atoms with Crippen molar-refractivity contribution in [3.63, 3.8) is 0 Å². The van der Waals surface area contributed by atoms with Gasteiger partial charge in [-0.1, -0.05) is 11.6 Å². The normalized spacial score (nSPS) is 18.0. The number of hydrogen-bond acceptors (Lipinski definition) is 0. The van der Waals surface area contributed by atoms with Crippen LogP contribution in [0.25, 0.3) is 0 Å². The van der Waals surface area contributed by atoms with Gasteiger partial charge in [0.25, 0.3) is 0 Å². The van der Waals surface area contributed by atoms with Crippen molar-refractivity contribution in [1.82, 2.24) is 0 Å². The van der Waals surface area contributed by atoms with E-state index in [1.54, 1.807) is 0 Å². The zero-order valence-electron chi connectivity index (χ0n) is 3.17. The van der Waals surface area contributed by atoms with E-state index in [0.717, 1.165) is 18.4 Å². The molecule has 0 heterocycles. The van der Waals surface area contributed by atoms with Crippen molar-refractivity contribution < 1.29 is 4.39 Å². The summed E-state index contributed by atoms with van der Waals surface area (Å²) in [5.41, 5.74) is 0.775. The second-order valence-electron chi connectivity index (χ2n) is 1.36. The molecule has 0 amide bonds. The Morgan fingerprint density at radius 2 is 2.17 bits per heavy atom. The zero-order valence-corrected chi connectivity index (χ0v) is 3.93. The first kappa shape index (κ1) is 4.13. The van der Waals surface area contributed by atoms with Crippen LogP contribution in [0.15, 0.2) is 10.9 Å². The van der Waals surface area contributed by atoms with E-state index in [1.165, 1.54) is 0 Å². The molecule has 1 aliphatic rings. The highest BCUT2D eigenvalue weighted by Gasteiger charge is 2.15. The molecule has 34 valence electrons. The van der Waals surface area contributed by atoms with Crippen molar-refractivity contribution in [2.24, 2.45) is 0 Å². The van der Waals surface area contributed by atoms with Crippen molar-refractivity contribution >= 4 is 11.6 Å². The Labute approximate surface area is 40.6 Å². The predicted molar refractivity (Wildman–Crippen MR) is 23.2 cm³/mol. The van der Waals surface area contributed by atoms with E-state index in [2.05, 4.69) is 0 Å². The Morgan fingerprint density at radius 3 is 2.17 bits per heavy atom. The summed E-state index contributed by atoms with van der Waals surface area (Å²) in [6, 6.07) is 0. The lowest BCUT2D eigenvalue weighted by Crippen LogP contribution is -1.45. The third-order valence-corrected chi connectivity index (χ3v) is 1.03. The van der Waals surface area contributed by atoms with Gasteiger partial charge in [-0.3, -0.25) is 0 Å². The van der Waals surface area contributed by atoms with E-state index in [1.807, 2.05) is 0 Å². The Balaban J connectivity index is 2.61. The summed E-state index contributed by atoms with van der Waals surface area (Å²) in [6.07, 6.45) is 1.74. The lowest BCUT2D eigenvalue weighted by Gasteiger charge is -1.67. The van der Waals surface area contributed by atoms with Crippen molar-refractivity contribution in [3.05, 3.63) is 10.9 Å². The molecule has 0 atom stereocenters. The first-order chi connectivity index (χ1) is 2.80. The maximum atomic E-state index is 11.5. The van der Waals surface area contributed by atoms with E-state index >= 15 is 0 Å². The SMILES string of the molecule is FC(Cl)=C1CC1. The summed E-state index contributed by atoms with van der Waals surface area (Å²) in [7, 11) is 0. The van der Waals surface area contributed by atoms with Gasteiger partial charge in [-0.25, -0.2) is 0 Å². The van der Waals surface area contributed by atoms with E-state index in [4.69, 9.17) is 11.6 Å². The lowest BCUT2D eigenvalue weighted by atomic mass is 10.7. The van der Waals surface area contributed by atoms with Gasteiger partial charge in [0.05, 0.1) is 0 Å². The maximum absolute atomic E-state index is 11.5. The average molecular weight is 107 g/mol. The second kappa shape index (κ2) is 1.23. The van der Waals surface area contributed by atoms with Crippen LogP contribution in [-0.2, 0) is 0 Å². The highest BCUT2D eigenvalue weighted by Crippen LogP contribution is 2.33. The van der Waals surface area contributed by atoms with Gasteiger partial charge in [-0.05, 0) is 18.4 Å². The van der Waals surface area contributed by atoms with Crippen molar-refractivity contribution in [2.45, 2.75) is 12.8 Å². The van der Waals surface area contributed by atoms with Crippen LogP contribution in [0.1, 0.15) is 12.8 Å². The maximum Gasteiger partial charge on any atom is 0.188 e. The summed E-state index contributed by atoms with van der Waals surface area (Å²) in [4.78, 5) is 0. The lowest BCUT2D eigenvalue weighted by molar-refractivity contribution is 0.690. The van der Waals surface area contributed by atoms with E-state index in [9.17, 15) is 4.39 Å². The molecule has 0 aliphatic heterocycles. The van der Waals surface area contributed by atoms with Crippen molar-refractivity contribution in [2.75, 3.05) is 0 Å². The molecule has 6 heavy (non-hydrogen) atoms. The average Bonchev–Trinajstić information content (AvgIpc) is 2.06. The fraction of sp³-hybridized carbons (Fsp3) is 0.500. The molecule has 0 N–H and O–H groups in total. The van der Waals surface area contributed by atoms with E-state index in [-0.39, 0.29) is 0 Å². The first-order valence-corrected chi connectivity index (χ1v) is 2.21. The summed E-state index contributed by atoms with van der Waals surface area (Å²) >= 11 is 4.89.